The first-order chi connectivity index (χ1) is 14.6. The third kappa shape index (κ3) is 5.36. The number of rotatable bonds is 4. The van der Waals surface area contributed by atoms with E-state index in [0.717, 1.165) is 0 Å². The van der Waals surface area contributed by atoms with Gasteiger partial charge in [0.2, 0.25) is 3.79 Å². The number of para-hydroxylation sites is 1. The van der Waals surface area contributed by atoms with Gasteiger partial charge in [-0.15, -0.1) is 0 Å². The molecule has 2 atom stereocenters. The standard InChI is InChI=1S/C19H18Cl3N5O3S/c1-11-14(16(29)27(26(11)2)12-7-4-3-5-8-12)23-18(31)25-17(19(20,21)22)24-15(28)13-9-6-10-30-13/h3-11,17H,1-2H3,(H,24,28)(H,25,31). The molecule has 8 nitrogen and oxygen atoms in total. The fraction of sp³-hybridized carbons (Fsp3) is 0.263. The SMILES string of the molecule is CC1C(=NC(=S)NC(NC(=O)c2ccco2)C(Cl)(Cl)Cl)C(=O)N(c2ccccc2)N1C. The van der Waals surface area contributed by atoms with Crippen molar-refractivity contribution in [2.24, 2.45) is 4.99 Å². The summed E-state index contributed by atoms with van der Waals surface area (Å²) >= 11 is 23.2. The van der Waals surface area contributed by atoms with Crippen molar-refractivity contribution >= 4 is 75.3 Å². The van der Waals surface area contributed by atoms with Gasteiger partial charge in [0.05, 0.1) is 18.0 Å². The van der Waals surface area contributed by atoms with E-state index in [-0.39, 0.29) is 28.5 Å². The quantitative estimate of drug-likeness (QED) is 0.379. The smallest absolute Gasteiger partial charge is 0.289 e. The van der Waals surface area contributed by atoms with Gasteiger partial charge in [-0.25, -0.2) is 15.0 Å². The van der Waals surface area contributed by atoms with Crippen LogP contribution in [0.4, 0.5) is 5.69 Å². The minimum absolute atomic E-state index is 0.0259. The number of carbonyl (C=O) groups is 2. The van der Waals surface area contributed by atoms with Crippen LogP contribution in [0.15, 0.2) is 58.1 Å². The Balaban J connectivity index is 1.77. The fourth-order valence-corrected chi connectivity index (χ4v) is 3.41. The van der Waals surface area contributed by atoms with Crippen molar-refractivity contribution in [3.63, 3.8) is 0 Å². The number of carbonyl (C=O) groups excluding carboxylic acids is 2. The second kappa shape index (κ2) is 9.54. The Morgan fingerprint density at radius 3 is 2.45 bits per heavy atom. The van der Waals surface area contributed by atoms with Crippen LogP contribution in [-0.2, 0) is 4.79 Å². The van der Waals surface area contributed by atoms with Crippen LogP contribution in [0.5, 0.6) is 0 Å². The van der Waals surface area contributed by atoms with Crippen LogP contribution in [0.25, 0.3) is 0 Å². The number of hydrogen-bond acceptors (Lipinski definition) is 5. The van der Waals surface area contributed by atoms with Gasteiger partial charge < -0.3 is 15.1 Å². The van der Waals surface area contributed by atoms with Crippen LogP contribution in [0.2, 0.25) is 0 Å². The van der Waals surface area contributed by atoms with E-state index in [4.69, 9.17) is 51.4 Å². The first-order valence-electron chi connectivity index (χ1n) is 9.02. The monoisotopic (exact) mass is 501 g/mol. The van der Waals surface area contributed by atoms with Crippen LogP contribution >= 0.6 is 47.0 Å². The van der Waals surface area contributed by atoms with Crippen LogP contribution < -0.4 is 15.6 Å². The molecule has 2 unspecified atom stereocenters. The van der Waals surface area contributed by atoms with Crippen molar-refractivity contribution in [1.29, 1.82) is 0 Å². The number of amides is 2. The zero-order valence-electron chi connectivity index (χ0n) is 16.4. The Kier molecular flexibility index (Phi) is 7.23. The van der Waals surface area contributed by atoms with Crippen molar-refractivity contribution in [2.75, 3.05) is 12.1 Å². The van der Waals surface area contributed by atoms with Gasteiger partial charge in [-0.3, -0.25) is 9.59 Å². The minimum atomic E-state index is -1.97. The van der Waals surface area contributed by atoms with Crippen molar-refractivity contribution in [3.05, 3.63) is 54.5 Å². The summed E-state index contributed by atoms with van der Waals surface area (Å²) in [5.41, 5.74) is 0.889. The largest absolute Gasteiger partial charge is 0.459 e. The summed E-state index contributed by atoms with van der Waals surface area (Å²) in [7, 11) is 1.77. The lowest BCUT2D eigenvalue weighted by molar-refractivity contribution is -0.113. The number of aliphatic imine (C=N–C) groups is 1. The molecule has 2 aromatic rings. The van der Waals surface area contributed by atoms with E-state index in [1.165, 1.54) is 17.3 Å². The van der Waals surface area contributed by atoms with E-state index in [2.05, 4.69) is 15.6 Å². The molecule has 0 radical (unpaired) electrons. The maximum absolute atomic E-state index is 13.0. The summed E-state index contributed by atoms with van der Waals surface area (Å²) < 4.78 is 3.06. The number of hydrazine groups is 1. The summed E-state index contributed by atoms with van der Waals surface area (Å²) in [4.78, 5) is 29.5. The van der Waals surface area contributed by atoms with Crippen molar-refractivity contribution in [1.82, 2.24) is 15.6 Å². The number of thiocarbonyl (C=S) groups is 1. The van der Waals surface area contributed by atoms with E-state index in [0.29, 0.717) is 5.69 Å². The zero-order valence-corrected chi connectivity index (χ0v) is 19.5. The predicted octanol–water partition coefficient (Wildman–Crippen LogP) is 3.30. The Morgan fingerprint density at radius 2 is 1.87 bits per heavy atom. The Hall–Kier alpha value is -2.17. The van der Waals surface area contributed by atoms with Gasteiger partial charge >= 0.3 is 0 Å². The summed E-state index contributed by atoms with van der Waals surface area (Å²) in [5, 5.41) is 8.26. The molecule has 1 aliphatic rings. The average molecular weight is 503 g/mol. The molecule has 0 spiro atoms. The molecule has 1 saturated heterocycles. The number of benzene rings is 1. The number of anilines is 1. The van der Waals surface area contributed by atoms with Gasteiger partial charge in [0.1, 0.15) is 11.9 Å². The van der Waals surface area contributed by atoms with Crippen LogP contribution in [0.3, 0.4) is 0 Å². The van der Waals surface area contributed by atoms with E-state index in [1.807, 2.05) is 37.3 Å². The number of hydrogen-bond donors (Lipinski definition) is 2. The maximum Gasteiger partial charge on any atom is 0.289 e. The van der Waals surface area contributed by atoms with E-state index >= 15 is 0 Å². The fourth-order valence-electron chi connectivity index (χ4n) is 2.87. The lowest BCUT2D eigenvalue weighted by Crippen LogP contribution is -2.54. The molecule has 1 fully saturated rings. The molecule has 0 saturated carbocycles. The van der Waals surface area contributed by atoms with Gasteiger partial charge in [-0.2, -0.15) is 0 Å². The summed E-state index contributed by atoms with van der Waals surface area (Å²) in [6, 6.07) is 11.8. The highest BCUT2D eigenvalue weighted by atomic mass is 35.6. The maximum atomic E-state index is 13.0. The number of halogens is 3. The number of alkyl halides is 3. The first kappa shape index (κ1) is 23.5. The summed E-state index contributed by atoms with van der Waals surface area (Å²) in [5.74, 6) is -0.932. The van der Waals surface area contributed by atoms with E-state index in [9.17, 15) is 9.59 Å². The van der Waals surface area contributed by atoms with Gasteiger partial charge in [0, 0.05) is 7.05 Å². The average Bonchev–Trinajstić information content (AvgIpc) is 3.32. The molecule has 2 heterocycles. The van der Waals surface area contributed by atoms with Crippen LogP contribution in [0, 0.1) is 0 Å². The Morgan fingerprint density at radius 1 is 1.19 bits per heavy atom. The number of nitrogens with zero attached hydrogens (tertiary/aromatic N) is 3. The number of furan rings is 1. The molecule has 164 valence electrons. The molecule has 1 aromatic heterocycles. The van der Waals surface area contributed by atoms with Gasteiger partial charge in [-0.1, -0.05) is 53.0 Å². The van der Waals surface area contributed by atoms with E-state index in [1.54, 1.807) is 18.1 Å². The van der Waals surface area contributed by atoms with Crippen molar-refractivity contribution in [3.8, 4) is 0 Å². The highest BCUT2D eigenvalue weighted by molar-refractivity contribution is 7.80. The molecule has 12 heteroatoms. The van der Waals surface area contributed by atoms with E-state index < -0.39 is 15.9 Å². The molecule has 31 heavy (non-hydrogen) atoms. The molecule has 2 amide bonds. The molecule has 1 aromatic carbocycles. The zero-order chi connectivity index (χ0) is 22.8. The van der Waals surface area contributed by atoms with Gasteiger partial charge in [0.15, 0.2) is 10.9 Å². The normalized spacial score (nSPS) is 19.5. The van der Waals surface area contributed by atoms with Gasteiger partial charge in [-0.05, 0) is 43.4 Å². The first-order valence-corrected chi connectivity index (χ1v) is 10.6. The molecule has 3 rings (SSSR count). The number of nitrogens with one attached hydrogen (secondary N) is 2. The van der Waals surface area contributed by atoms with Crippen molar-refractivity contribution < 1.29 is 14.0 Å². The highest BCUT2D eigenvalue weighted by Crippen LogP contribution is 2.29. The molecule has 0 bridgehead atoms. The summed E-state index contributed by atoms with van der Waals surface area (Å²) in [6.45, 7) is 1.81. The van der Waals surface area contributed by atoms with Crippen molar-refractivity contribution in [2.45, 2.75) is 22.9 Å². The molecular weight excluding hydrogens is 485 g/mol. The van der Waals surface area contributed by atoms with Crippen LogP contribution in [-0.4, -0.2) is 50.7 Å². The Bertz CT molecular complexity index is 995. The molecule has 0 aliphatic carbocycles. The third-order valence-electron chi connectivity index (χ3n) is 4.52. The lowest BCUT2D eigenvalue weighted by Gasteiger charge is -2.26. The highest BCUT2D eigenvalue weighted by Gasteiger charge is 2.41. The lowest BCUT2D eigenvalue weighted by atomic mass is 10.2. The third-order valence-corrected chi connectivity index (χ3v) is 5.39. The molecular formula is C19H18Cl3N5O3S. The van der Waals surface area contributed by atoms with Gasteiger partial charge in [0.25, 0.3) is 11.8 Å². The second-order valence-corrected chi connectivity index (χ2v) is 9.33. The minimum Gasteiger partial charge on any atom is -0.459 e. The Labute approximate surface area is 199 Å². The summed E-state index contributed by atoms with van der Waals surface area (Å²) in [6.07, 6.45) is 0.104. The molecule has 1 aliphatic heterocycles. The predicted molar refractivity (Wildman–Crippen MR) is 125 cm³/mol. The molecule has 2 N–H and O–H groups in total. The second-order valence-electron chi connectivity index (χ2n) is 6.57. The topological polar surface area (TPSA) is 90.2 Å². The van der Waals surface area contributed by atoms with Crippen LogP contribution in [0.1, 0.15) is 17.5 Å².